The number of aromatic nitrogens is 4. The number of benzene rings is 2. The average molecular weight is 475 g/mol. The molecular weight excluding hydrogens is 463 g/mol. The van der Waals surface area contributed by atoms with Crippen molar-refractivity contribution in [3.05, 3.63) is 62.1 Å². The smallest absolute Gasteiger partial charge is 0.288 e. The first-order chi connectivity index (χ1) is 15.3. The van der Waals surface area contributed by atoms with Crippen LogP contribution in [0.2, 0.25) is 10.0 Å². The quantitative estimate of drug-likeness (QED) is 0.244. The Morgan fingerprint density at radius 2 is 2.06 bits per heavy atom. The van der Waals surface area contributed by atoms with E-state index in [1.807, 2.05) is 0 Å². The molecule has 4 rings (SSSR count). The molecule has 0 saturated carbocycles. The highest BCUT2D eigenvalue weighted by Crippen LogP contribution is 2.30. The lowest BCUT2D eigenvalue weighted by Gasteiger charge is -2.07. The van der Waals surface area contributed by atoms with Crippen LogP contribution in [0.3, 0.4) is 0 Å². The van der Waals surface area contributed by atoms with Crippen LogP contribution in [0, 0.1) is 10.1 Å². The van der Waals surface area contributed by atoms with Gasteiger partial charge in [0.15, 0.2) is 17.3 Å². The predicted molar refractivity (Wildman–Crippen MR) is 116 cm³/mol. The molecule has 2 heterocycles. The number of halogens is 2. The number of nitro benzene ring substituents is 1. The first-order valence-electron chi connectivity index (χ1n) is 8.84. The number of para-hydroxylation sites is 2. The minimum Gasteiger partial charge on any atom is -0.379 e. The molecular formula is C18H12Cl2N8O4. The van der Waals surface area contributed by atoms with Crippen molar-refractivity contribution in [3.63, 3.8) is 0 Å². The summed E-state index contributed by atoms with van der Waals surface area (Å²) in [6.45, 7) is -0.187. The molecule has 0 saturated heterocycles. The van der Waals surface area contributed by atoms with E-state index in [2.05, 4.69) is 30.5 Å². The number of hydrogen-bond acceptors (Lipinski definition) is 9. The van der Waals surface area contributed by atoms with Crippen LogP contribution in [-0.4, -0.2) is 36.9 Å². The molecule has 0 aliphatic carbocycles. The molecule has 0 fully saturated rings. The SMILES string of the molecule is Nc1nonc1-c1nc2ccccc2n1CC(=O)N/N=C/c1cc([N+](=O)[O-])c(Cl)cc1Cl. The van der Waals surface area contributed by atoms with Crippen LogP contribution in [0.4, 0.5) is 11.5 Å². The van der Waals surface area contributed by atoms with Crippen molar-refractivity contribution in [1.29, 1.82) is 0 Å². The van der Waals surface area contributed by atoms with E-state index in [0.717, 1.165) is 6.07 Å². The van der Waals surface area contributed by atoms with Gasteiger partial charge in [0.1, 0.15) is 11.6 Å². The molecule has 0 bridgehead atoms. The van der Waals surface area contributed by atoms with Crippen molar-refractivity contribution in [2.24, 2.45) is 5.10 Å². The monoisotopic (exact) mass is 474 g/mol. The predicted octanol–water partition coefficient (Wildman–Crippen LogP) is 3.03. The second-order valence-corrected chi connectivity index (χ2v) is 7.20. The van der Waals surface area contributed by atoms with Crippen molar-refractivity contribution in [3.8, 4) is 11.5 Å². The maximum absolute atomic E-state index is 12.5. The fraction of sp³-hybridized carbons (Fsp3) is 0.0556. The lowest BCUT2D eigenvalue weighted by molar-refractivity contribution is -0.384. The Kier molecular flexibility index (Phi) is 5.71. The highest BCUT2D eigenvalue weighted by atomic mass is 35.5. The van der Waals surface area contributed by atoms with Gasteiger partial charge in [0.25, 0.3) is 11.6 Å². The van der Waals surface area contributed by atoms with E-state index in [4.69, 9.17) is 28.9 Å². The minimum atomic E-state index is -0.648. The Balaban J connectivity index is 1.58. The Bertz CT molecular complexity index is 1380. The molecule has 0 radical (unpaired) electrons. The molecule has 1 amide bonds. The zero-order valence-electron chi connectivity index (χ0n) is 15.9. The van der Waals surface area contributed by atoms with E-state index in [1.54, 1.807) is 28.8 Å². The van der Waals surface area contributed by atoms with Crippen molar-refractivity contribution in [2.75, 3.05) is 5.73 Å². The Labute approximate surface area is 188 Å². The zero-order chi connectivity index (χ0) is 22.8. The maximum Gasteiger partial charge on any atom is 0.288 e. The molecule has 2 aromatic carbocycles. The summed E-state index contributed by atoms with van der Waals surface area (Å²) in [5.74, 6) is -0.195. The summed E-state index contributed by atoms with van der Waals surface area (Å²) in [7, 11) is 0. The van der Waals surface area contributed by atoms with Gasteiger partial charge in [-0.25, -0.2) is 15.0 Å². The lowest BCUT2D eigenvalue weighted by atomic mass is 10.2. The third-order valence-electron chi connectivity index (χ3n) is 4.34. The number of nitrogen functional groups attached to an aromatic ring is 1. The molecule has 0 unspecified atom stereocenters. The Hall–Kier alpha value is -4.03. The van der Waals surface area contributed by atoms with Crippen LogP contribution in [-0.2, 0) is 11.3 Å². The van der Waals surface area contributed by atoms with Crippen LogP contribution in [0.5, 0.6) is 0 Å². The molecule has 12 nitrogen and oxygen atoms in total. The van der Waals surface area contributed by atoms with Gasteiger partial charge in [-0.2, -0.15) is 5.10 Å². The second kappa shape index (κ2) is 8.61. The van der Waals surface area contributed by atoms with Gasteiger partial charge < -0.3 is 10.3 Å². The maximum atomic E-state index is 12.5. The van der Waals surface area contributed by atoms with E-state index >= 15 is 0 Å². The highest BCUT2D eigenvalue weighted by Gasteiger charge is 2.20. The summed E-state index contributed by atoms with van der Waals surface area (Å²) >= 11 is 11.8. The number of nitro groups is 1. The number of nitrogens with two attached hydrogens (primary N) is 1. The number of imidazole rings is 1. The summed E-state index contributed by atoms with van der Waals surface area (Å²) in [5, 5.41) is 22.2. The standard InChI is InChI=1S/C18H12Cl2N8O4/c19-10-6-11(20)14(28(30)31)5-9(10)7-22-24-15(29)8-27-13-4-2-1-3-12(13)23-18(27)16-17(21)26-32-25-16/h1-7H,8H2,(H2,21,26)(H,24,29)/b22-7+. The third-order valence-corrected chi connectivity index (χ3v) is 4.97. The molecule has 2 aromatic heterocycles. The van der Waals surface area contributed by atoms with Crippen molar-refractivity contribution in [1.82, 2.24) is 25.3 Å². The van der Waals surface area contributed by atoms with Gasteiger partial charge in [-0.15, -0.1) is 0 Å². The molecule has 32 heavy (non-hydrogen) atoms. The van der Waals surface area contributed by atoms with Gasteiger partial charge in [0.05, 0.1) is 27.2 Å². The highest BCUT2D eigenvalue weighted by molar-refractivity contribution is 6.37. The van der Waals surface area contributed by atoms with E-state index in [9.17, 15) is 14.9 Å². The third kappa shape index (κ3) is 4.08. The molecule has 14 heteroatoms. The lowest BCUT2D eigenvalue weighted by Crippen LogP contribution is -2.23. The number of nitrogens with one attached hydrogen (secondary N) is 1. The normalized spacial score (nSPS) is 11.3. The van der Waals surface area contributed by atoms with Gasteiger partial charge in [0.2, 0.25) is 0 Å². The number of hydrogen-bond donors (Lipinski definition) is 2. The van der Waals surface area contributed by atoms with Crippen molar-refractivity contribution < 1.29 is 14.3 Å². The van der Waals surface area contributed by atoms with Gasteiger partial charge >= 0.3 is 0 Å². The number of rotatable bonds is 6. The molecule has 3 N–H and O–H groups in total. The fourth-order valence-corrected chi connectivity index (χ4v) is 3.41. The van der Waals surface area contributed by atoms with Gasteiger partial charge in [-0.05, 0) is 28.5 Å². The van der Waals surface area contributed by atoms with Crippen LogP contribution >= 0.6 is 23.2 Å². The largest absolute Gasteiger partial charge is 0.379 e. The first-order valence-corrected chi connectivity index (χ1v) is 9.59. The molecule has 0 aliphatic rings. The van der Waals surface area contributed by atoms with E-state index in [0.29, 0.717) is 16.9 Å². The molecule has 162 valence electrons. The minimum absolute atomic E-state index is 0.0268. The van der Waals surface area contributed by atoms with Gasteiger partial charge in [0, 0.05) is 11.6 Å². The summed E-state index contributed by atoms with van der Waals surface area (Å²) in [6.07, 6.45) is 1.18. The van der Waals surface area contributed by atoms with Crippen LogP contribution in [0.15, 0.2) is 46.1 Å². The van der Waals surface area contributed by atoms with Gasteiger partial charge in [-0.3, -0.25) is 14.9 Å². The first kappa shape index (κ1) is 21.2. The zero-order valence-corrected chi connectivity index (χ0v) is 17.4. The van der Waals surface area contributed by atoms with Gasteiger partial charge in [-0.1, -0.05) is 35.3 Å². The number of nitrogens with zero attached hydrogens (tertiary/aromatic N) is 6. The Morgan fingerprint density at radius 1 is 1.28 bits per heavy atom. The molecule has 0 atom stereocenters. The van der Waals surface area contributed by atoms with E-state index < -0.39 is 10.8 Å². The van der Waals surface area contributed by atoms with E-state index in [-0.39, 0.29) is 39.4 Å². The summed E-state index contributed by atoms with van der Waals surface area (Å²) in [5.41, 5.74) is 9.45. The number of carbonyl (C=O) groups excluding carboxylic acids is 1. The van der Waals surface area contributed by atoms with Crippen LogP contribution in [0.25, 0.3) is 22.6 Å². The van der Waals surface area contributed by atoms with Crippen molar-refractivity contribution >= 4 is 57.9 Å². The number of carbonyl (C=O) groups is 1. The number of hydrazone groups is 1. The molecule has 0 aliphatic heterocycles. The van der Waals surface area contributed by atoms with Crippen molar-refractivity contribution in [2.45, 2.75) is 6.54 Å². The average Bonchev–Trinajstić information content (AvgIpc) is 3.32. The summed E-state index contributed by atoms with van der Waals surface area (Å²) in [6, 6.07) is 9.52. The number of amides is 1. The van der Waals surface area contributed by atoms with Crippen LogP contribution in [0.1, 0.15) is 5.56 Å². The van der Waals surface area contributed by atoms with E-state index in [1.165, 1.54) is 12.3 Å². The fourth-order valence-electron chi connectivity index (χ4n) is 2.91. The summed E-state index contributed by atoms with van der Waals surface area (Å²) < 4.78 is 6.22. The number of anilines is 1. The molecule has 0 spiro atoms. The Morgan fingerprint density at radius 3 is 2.78 bits per heavy atom. The van der Waals surface area contributed by atoms with Crippen LogP contribution < -0.4 is 11.2 Å². The number of fused-ring (bicyclic) bond motifs is 1. The summed E-state index contributed by atoms with van der Waals surface area (Å²) in [4.78, 5) is 27.4. The second-order valence-electron chi connectivity index (χ2n) is 6.38. The molecule has 4 aromatic rings. The topological polar surface area (TPSA) is 167 Å².